The van der Waals surface area contributed by atoms with Gasteiger partial charge < -0.3 is 5.32 Å². The van der Waals surface area contributed by atoms with E-state index in [4.69, 9.17) is 11.6 Å². The van der Waals surface area contributed by atoms with Crippen LogP contribution in [0.25, 0.3) is 0 Å². The molecule has 0 saturated carbocycles. The van der Waals surface area contributed by atoms with Gasteiger partial charge >= 0.3 is 0 Å². The van der Waals surface area contributed by atoms with Crippen LogP contribution in [0.4, 0.5) is 5.69 Å². The summed E-state index contributed by atoms with van der Waals surface area (Å²) in [5, 5.41) is 13.7. The highest BCUT2D eigenvalue weighted by Crippen LogP contribution is 2.13. The quantitative estimate of drug-likeness (QED) is 0.693. The third-order valence-corrected chi connectivity index (χ3v) is 2.76. The van der Waals surface area contributed by atoms with E-state index in [0.717, 1.165) is 0 Å². The van der Waals surface area contributed by atoms with Crippen molar-refractivity contribution >= 4 is 23.2 Å². The van der Waals surface area contributed by atoms with E-state index in [1.54, 1.807) is 18.2 Å². The molecule has 0 aliphatic carbocycles. The normalized spacial score (nSPS) is 10.1. The fourth-order valence-corrected chi connectivity index (χ4v) is 1.74. The van der Waals surface area contributed by atoms with Crippen LogP contribution in [-0.4, -0.2) is 15.8 Å². The molecule has 0 fully saturated rings. The van der Waals surface area contributed by atoms with Gasteiger partial charge in [0.1, 0.15) is 5.69 Å². The van der Waals surface area contributed by atoms with Crippen LogP contribution >= 0.6 is 11.6 Å². The van der Waals surface area contributed by atoms with Crippen molar-refractivity contribution in [3.63, 3.8) is 0 Å². The number of nitrogens with zero attached hydrogens (tertiary/aromatic N) is 2. The van der Waals surface area contributed by atoms with Crippen molar-refractivity contribution in [3.8, 4) is 0 Å². The Labute approximate surface area is 119 Å². The fourth-order valence-electron chi connectivity index (χ4n) is 1.58. The summed E-state index contributed by atoms with van der Waals surface area (Å²) in [7, 11) is 0. The molecular formula is C13H10ClN3O3. The average Bonchev–Trinajstić information content (AvgIpc) is 2.45. The maximum atomic E-state index is 11.8. The van der Waals surface area contributed by atoms with Crippen LogP contribution in [0.5, 0.6) is 0 Å². The number of rotatable bonds is 4. The average molecular weight is 292 g/mol. The second kappa shape index (κ2) is 6.12. The van der Waals surface area contributed by atoms with Crippen LogP contribution in [0.3, 0.4) is 0 Å². The number of carbonyl (C=O) groups is 1. The van der Waals surface area contributed by atoms with Gasteiger partial charge in [-0.2, -0.15) is 0 Å². The van der Waals surface area contributed by atoms with Crippen molar-refractivity contribution in [2.45, 2.75) is 6.54 Å². The predicted octanol–water partition coefficient (Wildman–Crippen LogP) is 2.57. The van der Waals surface area contributed by atoms with Crippen LogP contribution < -0.4 is 5.32 Å². The largest absolute Gasteiger partial charge is 0.347 e. The van der Waals surface area contributed by atoms with Crippen LogP contribution in [-0.2, 0) is 6.54 Å². The molecule has 2 aromatic rings. The van der Waals surface area contributed by atoms with Gasteiger partial charge in [0, 0.05) is 29.9 Å². The monoisotopic (exact) mass is 291 g/mol. The van der Waals surface area contributed by atoms with Gasteiger partial charge in [0.25, 0.3) is 11.6 Å². The van der Waals surface area contributed by atoms with E-state index in [1.807, 2.05) is 0 Å². The van der Waals surface area contributed by atoms with Gasteiger partial charge in [0.2, 0.25) is 0 Å². The zero-order chi connectivity index (χ0) is 14.5. The molecule has 0 saturated heterocycles. The highest BCUT2D eigenvalue weighted by molar-refractivity contribution is 6.30. The minimum absolute atomic E-state index is 0.0161. The van der Waals surface area contributed by atoms with E-state index in [2.05, 4.69) is 10.3 Å². The number of aromatic nitrogens is 1. The molecular weight excluding hydrogens is 282 g/mol. The molecule has 0 aliphatic heterocycles. The molecule has 0 spiro atoms. The van der Waals surface area contributed by atoms with Crippen molar-refractivity contribution in [2.75, 3.05) is 0 Å². The molecule has 0 aliphatic rings. The lowest BCUT2D eigenvalue weighted by Gasteiger charge is -2.05. The molecule has 20 heavy (non-hydrogen) atoms. The van der Waals surface area contributed by atoms with Gasteiger partial charge in [-0.05, 0) is 17.7 Å². The Kier molecular flexibility index (Phi) is 4.27. The van der Waals surface area contributed by atoms with Crippen LogP contribution in [0.15, 0.2) is 42.6 Å². The molecule has 1 N–H and O–H groups in total. The van der Waals surface area contributed by atoms with Gasteiger partial charge in [-0.3, -0.25) is 19.9 Å². The predicted molar refractivity (Wildman–Crippen MR) is 73.5 cm³/mol. The topological polar surface area (TPSA) is 85.1 Å². The smallest absolute Gasteiger partial charge is 0.270 e. The second-order valence-corrected chi connectivity index (χ2v) is 4.41. The first-order chi connectivity index (χ1) is 9.56. The Bertz CT molecular complexity index is 661. The summed E-state index contributed by atoms with van der Waals surface area (Å²) in [6.45, 7) is 0.175. The van der Waals surface area contributed by atoms with E-state index in [1.165, 1.54) is 24.4 Å². The summed E-state index contributed by atoms with van der Waals surface area (Å²) in [6.07, 6.45) is 1.44. The van der Waals surface area contributed by atoms with E-state index >= 15 is 0 Å². The number of nitro benzene ring substituents is 1. The highest BCUT2D eigenvalue weighted by atomic mass is 35.5. The van der Waals surface area contributed by atoms with Gasteiger partial charge in [0.05, 0.1) is 4.92 Å². The molecule has 0 unspecified atom stereocenters. The zero-order valence-corrected chi connectivity index (χ0v) is 11.0. The molecule has 0 radical (unpaired) electrons. The van der Waals surface area contributed by atoms with Crippen molar-refractivity contribution in [2.24, 2.45) is 0 Å². The highest BCUT2D eigenvalue weighted by Gasteiger charge is 2.09. The van der Waals surface area contributed by atoms with E-state index in [0.29, 0.717) is 10.6 Å². The minimum atomic E-state index is -0.482. The molecule has 1 aromatic heterocycles. The number of hydrogen-bond donors (Lipinski definition) is 1. The first kappa shape index (κ1) is 14.0. The van der Waals surface area contributed by atoms with Crippen molar-refractivity contribution in [1.29, 1.82) is 0 Å². The lowest BCUT2D eigenvalue weighted by Crippen LogP contribution is -2.23. The first-order valence-electron chi connectivity index (χ1n) is 5.69. The van der Waals surface area contributed by atoms with Crippen LogP contribution in [0, 0.1) is 10.1 Å². The Morgan fingerprint density at radius 1 is 1.35 bits per heavy atom. The molecule has 1 aromatic carbocycles. The number of benzene rings is 1. The second-order valence-electron chi connectivity index (χ2n) is 3.97. The summed E-state index contributed by atoms with van der Waals surface area (Å²) in [5.41, 5.74) is 0.815. The lowest BCUT2D eigenvalue weighted by atomic mass is 10.2. The summed E-state index contributed by atoms with van der Waals surface area (Å²) >= 11 is 5.77. The Morgan fingerprint density at radius 3 is 2.85 bits per heavy atom. The van der Waals surface area contributed by atoms with Crippen molar-refractivity contribution in [3.05, 3.63) is 69.0 Å². The number of pyridine rings is 1. The molecule has 1 amide bonds. The number of nitro groups is 1. The Morgan fingerprint density at radius 2 is 2.15 bits per heavy atom. The summed E-state index contributed by atoms with van der Waals surface area (Å²) < 4.78 is 0. The molecule has 2 rings (SSSR count). The maximum absolute atomic E-state index is 11.8. The number of nitrogens with one attached hydrogen (secondary N) is 1. The first-order valence-corrected chi connectivity index (χ1v) is 6.07. The van der Waals surface area contributed by atoms with Gasteiger partial charge in [-0.25, -0.2) is 0 Å². The minimum Gasteiger partial charge on any atom is -0.347 e. The summed E-state index contributed by atoms with van der Waals surface area (Å²) in [6, 6.07) is 9.08. The zero-order valence-electron chi connectivity index (χ0n) is 10.2. The molecule has 0 bridgehead atoms. The number of halogens is 1. The summed E-state index contributed by atoms with van der Waals surface area (Å²) in [5.74, 6) is -0.390. The Hall–Kier alpha value is -2.47. The molecule has 7 heteroatoms. The molecule has 0 atom stereocenters. The van der Waals surface area contributed by atoms with Crippen LogP contribution in [0.1, 0.15) is 16.1 Å². The van der Waals surface area contributed by atoms with E-state index in [-0.39, 0.29) is 23.8 Å². The fraction of sp³-hybridized carbons (Fsp3) is 0.0769. The lowest BCUT2D eigenvalue weighted by molar-refractivity contribution is -0.384. The van der Waals surface area contributed by atoms with E-state index in [9.17, 15) is 14.9 Å². The molecule has 6 nitrogen and oxygen atoms in total. The molecule has 1 heterocycles. The van der Waals surface area contributed by atoms with Gasteiger partial charge in [-0.15, -0.1) is 0 Å². The Balaban J connectivity index is 2.03. The third kappa shape index (κ3) is 3.52. The third-order valence-electron chi connectivity index (χ3n) is 2.53. The van der Waals surface area contributed by atoms with Crippen molar-refractivity contribution in [1.82, 2.24) is 10.3 Å². The number of non-ortho nitro benzene ring substituents is 1. The number of carbonyl (C=O) groups excluding carboxylic acids is 1. The van der Waals surface area contributed by atoms with Crippen LogP contribution in [0.2, 0.25) is 5.02 Å². The molecule has 102 valence electrons. The van der Waals surface area contributed by atoms with Gasteiger partial charge in [-0.1, -0.05) is 23.7 Å². The SMILES string of the molecule is O=C(NCc1cccc([N+](=O)[O-])c1)c1cc(Cl)ccn1. The number of amides is 1. The summed E-state index contributed by atoms with van der Waals surface area (Å²) in [4.78, 5) is 25.9. The number of hydrogen-bond acceptors (Lipinski definition) is 4. The van der Waals surface area contributed by atoms with Crippen molar-refractivity contribution < 1.29 is 9.72 Å². The van der Waals surface area contributed by atoms with Gasteiger partial charge in [0.15, 0.2) is 0 Å². The standard InChI is InChI=1S/C13H10ClN3O3/c14-10-4-5-15-12(7-10)13(18)16-8-9-2-1-3-11(6-9)17(19)20/h1-7H,8H2,(H,16,18). The van der Waals surface area contributed by atoms with E-state index < -0.39 is 4.92 Å². The maximum Gasteiger partial charge on any atom is 0.270 e.